The highest BCUT2D eigenvalue weighted by Gasteiger charge is 1.97. The van der Waals surface area contributed by atoms with E-state index in [1.165, 1.54) is 16.3 Å². The molecule has 1 N–H and O–H groups in total. The van der Waals surface area contributed by atoms with Crippen LogP contribution in [0.5, 0.6) is 0 Å². The van der Waals surface area contributed by atoms with Crippen molar-refractivity contribution in [1.29, 1.82) is 0 Å². The van der Waals surface area contributed by atoms with Gasteiger partial charge in [0.15, 0.2) is 5.82 Å². The van der Waals surface area contributed by atoms with Crippen LogP contribution in [0.1, 0.15) is 12.5 Å². The summed E-state index contributed by atoms with van der Waals surface area (Å²) in [6, 6.07) is 24.7. The molecule has 0 amide bonds. The second-order valence-corrected chi connectivity index (χ2v) is 5.11. The van der Waals surface area contributed by atoms with Crippen molar-refractivity contribution in [2.45, 2.75) is 13.3 Å². The quantitative estimate of drug-likeness (QED) is 0.601. The zero-order valence-corrected chi connectivity index (χ0v) is 13.0. The second kappa shape index (κ2) is 7.31. The Morgan fingerprint density at radius 2 is 1.57 bits per heavy atom. The minimum atomic E-state index is 0.700. The molecule has 23 heavy (non-hydrogen) atoms. The van der Waals surface area contributed by atoms with E-state index in [2.05, 4.69) is 70.0 Å². The van der Waals surface area contributed by atoms with Crippen molar-refractivity contribution in [2.24, 2.45) is 0 Å². The van der Waals surface area contributed by atoms with Crippen molar-refractivity contribution < 1.29 is 0 Å². The maximum atomic E-state index is 3.77. The van der Waals surface area contributed by atoms with Gasteiger partial charge in [0.1, 0.15) is 0 Å². The van der Waals surface area contributed by atoms with Gasteiger partial charge in [0.05, 0.1) is 0 Å². The summed E-state index contributed by atoms with van der Waals surface area (Å²) in [5.41, 5.74) is 2.44. The third-order valence-electron chi connectivity index (χ3n) is 3.65. The van der Waals surface area contributed by atoms with Crippen LogP contribution in [0.3, 0.4) is 0 Å². The first-order valence-electron chi connectivity index (χ1n) is 7.64. The summed E-state index contributed by atoms with van der Waals surface area (Å²) in [7, 11) is 0. The van der Waals surface area contributed by atoms with Gasteiger partial charge in [0.2, 0.25) is 0 Å². The van der Waals surface area contributed by atoms with Crippen LogP contribution in [0.15, 0.2) is 72.8 Å². The van der Waals surface area contributed by atoms with Crippen LogP contribution in [0.4, 0.5) is 0 Å². The molecule has 1 heterocycles. The van der Waals surface area contributed by atoms with E-state index in [4.69, 9.17) is 0 Å². The van der Waals surface area contributed by atoms with Crippen molar-refractivity contribution in [3.63, 3.8) is 0 Å². The molecule has 4 aromatic rings. The van der Waals surface area contributed by atoms with E-state index in [9.17, 15) is 0 Å². The first-order valence-corrected chi connectivity index (χ1v) is 7.64. The Morgan fingerprint density at radius 1 is 0.826 bits per heavy atom. The van der Waals surface area contributed by atoms with Gasteiger partial charge in [-0.2, -0.15) is 0 Å². The Kier molecular flexibility index (Phi) is 4.74. The molecule has 0 atom stereocenters. The molecule has 0 radical (unpaired) electrons. The van der Waals surface area contributed by atoms with Gasteiger partial charge in [-0.1, -0.05) is 79.7 Å². The van der Waals surface area contributed by atoms with Crippen LogP contribution in [0.2, 0.25) is 0 Å². The largest absolute Gasteiger partial charge is 0.239 e. The summed E-state index contributed by atoms with van der Waals surface area (Å²) < 4.78 is 0. The Morgan fingerprint density at radius 3 is 2.30 bits per heavy atom. The van der Waals surface area contributed by atoms with Crippen molar-refractivity contribution in [1.82, 2.24) is 20.6 Å². The second-order valence-electron chi connectivity index (χ2n) is 5.11. The summed E-state index contributed by atoms with van der Waals surface area (Å²) in [6.45, 7) is 2.20. The summed E-state index contributed by atoms with van der Waals surface area (Å²) >= 11 is 0. The van der Waals surface area contributed by atoms with E-state index in [0.29, 0.717) is 5.82 Å². The number of fused-ring (bicyclic) bond motifs is 1. The van der Waals surface area contributed by atoms with E-state index in [0.717, 1.165) is 12.0 Å². The molecule has 0 unspecified atom stereocenters. The zero-order chi connectivity index (χ0) is 15.9. The molecule has 0 aliphatic heterocycles. The SMILES string of the molecule is CCc1cccc2ccccc12.c1ccc(-c2nnn[nH]2)cc1. The molecular formula is C19H18N4. The van der Waals surface area contributed by atoms with Gasteiger partial charge in [0, 0.05) is 5.56 Å². The summed E-state index contributed by atoms with van der Waals surface area (Å²) in [6.07, 6.45) is 1.11. The third-order valence-corrected chi connectivity index (χ3v) is 3.65. The van der Waals surface area contributed by atoms with E-state index in [-0.39, 0.29) is 0 Å². The molecule has 0 aliphatic rings. The summed E-state index contributed by atoms with van der Waals surface area (Å²) in [5.74, 6) is 0.700. The fraction of sp³-hybridized carbons (Fsp3) is 0.105. The molecule has 4 nitrogen and oxygen atoms in total. The van der Waals surface area contributed by atoms with Crippen molar-refractivity contribution in [2.75, 3.05) is 0 Å². The number of aromatic nitrogens is 4. The molecule has 4 rings (SSSR count). The Hall–Kier alpha value is -3.01. The molecular weight excluding hydrogens is 284 g/mol. The number of aryl methyl sites for hydroxylation is 1. The van der Waals surface area contributed by atoms with Gasteiger partial charge < -0.3 is 0 Å². The lowest BCUT2D eigenvalue weighted by atomic mass is 10.0. The predicted octanol–water partition coefficient (Wildman–Crippen LogP) is 4.27. The maximum absolute atomic E-state index is 3.77. The van der Waals surface area contributed by atoms with Crippen molar-refractivity contribution >= 4 is 10.8 Å². The fourth-order valence-corrected chi connectivity index (χ4v) is 2.48. The average Bonchev–Trinajstić information content (AvgIpc) is 3.17. The van der Waals surface area contributed by atoms with Crippen LogP contribution in [-0.4, -0.2) is 20.6 Å². The minimum Gasteiger partial charge on any atom is -0.239 e. The number of H-pyrrole nitrogens is 1. The molecule has 0 saturated heterocycles. The third kappa shape index (κ3) is 3.61. The number of aromatic amines is 1. The molecule has 1 aromatic heterocycles. The number of rotatable bonds is 2. The first-order chi connectivity index (χ1) is 11.4. The van der Waals surface area contributed by atoms with Crippen molar-refractivity contribution in [3.05, 3.63) is 78.4 Å². The highest BCUT2D eigenvalue weighted by Crippen LogP contribution is 2.18. The van der Waals surface area contributed by atoms with Gasteiger partial charge in [-0.3, -0.25) is 0 Å². The molecule has 4 heteroatoms. The molecule has 3 aromatic carbocycles. The van der Waals surface area contributed by atoms with Crippen LogP contribution in [0.25, 0.3) is 22.2 Å². The van der Waals surface area contributed by atoms with Crippen LogP contribution in [0, 0.1) is 0 Å². The number of nitrogens with one attached hydrogen (secondary N) is 1. The fourth-order valence-electron chi connectivity index (χ4n) is 2.48. The number of hydrogen-bond donors (Lipinski definition) is 1. The van der Waals surface area contributed by atoms with Crippen LogP contribution in [-0.2, 0) is 6.42 Å². The normalized spacial score (nSPS) is 10.1. The number of hydrogen-bond acceptors (Lipinski definition) is 3. The Bertz CT molecular complexity index is 850. The van der Waals surface area contributed by atoms with Gasteiger partial charge >= 0.3 is 0 Å². The van der Waals surface area contributed by atoms with Gasteiger partial charge in [-0.05, 0) is 33.2 Å². The molecule has 0 saturated carbocycles. The van der Waals surface area contributed by atoms with Gasteiger partial charge in [0.25, 0.3) is 0 Å². The molecule has 0 fully saturated rings. The van der Waals surface area contributed by atoms with Crippen LogP contribution < -0.4 is 0 Å². The zero-order valence-electron chi connectivity index (χ0n) is 13.0. The minimum absolute atomic E-state index is 0.700. The van der Waals surface area contributed by atoms with E-state index in [1.807, 2.05) is 30.3 Å². The van der Waals surface area contributed by atoms with E-state index < -0.39 is 0 Å². The Balaban J connectivity index is 0.000000136. The predicted molar refractivity (Wildman–Crippen MR) is 92.9 cm³/mol. The smallest absolute Gasteiger partial charge is 0.179 e. The lowest BCUT2D eigenvalue weighted by Crippen LogP contribution is -1.81. The van der Waals surface area contributed by atoms with E-state index in [1.54, 1.807) is 0 Å². The van der Waals surface area contributed by atoms with Gasteiger partial charge in [-0.25, -0.2) is 5.10 Å². The number of nitrogens with zero attached hydrogens (tertiary/aromatic N) is 3. The average molecular weight is 302 g/mol. The highest BCUT2D eigenvalue weighted by atomic mass is 15.5. The summed E-state index contributed by atoms with van der Waals surface area (Å²) in [4.78, 5) is 0. The Labute approximate surface area is 135 Å². The molecule has 0 aliphatic carbocycles. The van der Waals surface area contributed by atoms with Crippen molar-refractivity contribution in [3.8, 4) is 11.4 Å². The maximum Gasteiger partial charge on any atom is 0.179 e. The molecule has 114 valence electrons. The highest BCUT2D eigenvalue weighted by molar-refractivity contribution is 5.85. The van der Waals surface area contributed by atoms with Gasteiger partial charge in [-0.15, -0.1) is 5.10 Å². The monoisotopic (exact) mass is 302 g/mol. The number of benzene rings is 3. The van der Waals surface area contributed by atoms with E-state index >= 15 is 0 Å². The molecule has 0 spiro atoms. The first kappa shape index (κ1) is 14.9. The lowest BCUT2D eigenvalue weighted by Gasteiger charge is -2.02. The molecule has 0 bridgehead atoms. The standard InChI is InChI=1S/C12H12.C7H6N4/c1-2-10-7-5-8-11-6-3-4-9-12(10)11;1-2-4-6(5-3-1)7-8-10-11-9-7/h3-9H,2H2,1H3;1-5H,(H,8,9,10,11). The van der Waals surface area contributed by atoms with Crippen LogP contribution >= 0.6 is 0 Å². The number of tetrazole rings is 1. The topological polar surface area (TPSA) is 54.5 Å². The lowest BCUT2D eigenvalue weighted by molar-refractivity contribution is 0.881. The summed E-state index contributed by atoms with van der Waals surface area (Å²) in [5, 5.41) is 16.1.